The van der Waals surface area contributed by atoms with E-state index in [2.05, 4.69) is 13.8 Å². The molecule has 0 saturated carbocycles. The third-order valence-corrected chi connectivity index (χ3v) is 5.77. The van der Waals surface area contributed by atoms with Crippen LogP contribution in [0.25, 0.3) is 21.5 Å². The first-order chi connectivity index (χ1) is 16.5. The van der Waals surface area contributed by atoms with Crippen molar-refractivity contribution in [3.05, 3.63) is 47.5 Å². The van der Waals surface area contributed by atoms with Gasteiger partial charge in [0.15, 0.2) is 0 Å². The third kappa shape index (κ3) is 5.99. The number of carbonyl (C=O) groups is 2. The number of ether oxygens (including phenoxy) is 4. The van der Waals surface area contributed by atoms with Crippen LogP contribution < -0.4 is 9.47 Å². The summed E-state index contributed by atoms with van der Waals surface area (Å²) in [4.78, 5) is 25.0. The molecule has 0 fully saturated rings. The second kappa shape index (κ2) is 12.3. The Hall–Kier alpha value is -3.28. The highest BCUT2D eigenvalue weighted by atomic mass is 16.7. The number of unbranched alkanes of at least 4 members (excludes halogenated alkanes) is 2. The van der Waals surface area contributed by atoms with Gasteiger partial charge in [0, 0.05) is 21.5 Å². The van der Waals surface area contributed by atoms with E-state index in [9.17, 15) is 9.59 Å². The quantitative estimate of drug-likeness (QED) is 0.132. The van der Waals surface area contributed by atoms with Gasteiger partial charge in [-0.2, -0.15) is 0 Å². The van der Waals surface area contributed by atoms with Crippen molar-refractivity contribution in [3.63, 3.8) is 0 Å². The predicted molar refractivity (Wildman–Crippen MR) is 134 cm³/mol. The molecule has 182 valence electrons. The van der Waals surface area contributed by atoms with Crippen molar-refractivity contribution in [1.82, 2.24) is 0 Å². The minimum absolute atomic E-state index is 0.302. The van der Waals surface area contributed by atoms with Gasteiger partial charge in [-0.1, -0.05) is 64.8 Å². The molecule has 3 aromatic rings. The highest BCUT2D eigenvalue weighted by Crippen LogP contribution is 2.44. The zero-order valence-corrected chi connectivity index (χ0v) is 20.6. The summed E-state index contributed by atoms with van der Waals surface area (Å²) in [6.45, 7) is 8.77. The second-order valence-electron chi connectivity index (χ2n) is 8.23. The Kier molecular flexibility index (Phi) is 9.14. The first kappa shape index (κ1) is 25.3. The number of carbonyl (C=O) groups excluding carboxylic acids is 2. The fourth-order valence-electron chi connectivity index (χ4n) is 3.73. The summed E-state index contributed by atoms with van der Waals surface area (Å²) in [6, 6.07) is 11.7. The van der Waals surface area contributed by atoms with Crippen LogP contribution >= 0.6 is 0 Å². The fourth-order valence-corrected chi connectivity index (χ4v) is 3.73. The lowest BCUT2D eigenvalue weighted by Gasteiger charge is -2.17. The Bertz CT molecular complexity index is 1090. The Morgan fingerprint density at radius 1 is 0.618 bits per heavy atom. The van der Waals surface area contributed by atoms with E-state index in [-0.39, 0.29) is 0 Å². The molecule has 0 N–H and O–H groups in total. The molecular weight excluding hydrogens is 432 g/mol. The number of rotatable bonds is 10. The van der Waals surface area contributed by atoms with Crippen LogP contribution in [0.3, 0.4) is 0 Å². The van der Waals surface area contributed by atoms with E-state index in [1.807, 2.05) is 50.2 Å². The summed E-state index contributed by atoms with van der Waals surface area (Å²) in [5, 5.41) is 2.70. The van der Waals surface area contributed by atoms with E-state index >= 15 is 0 Å². The van der Waals surface area contributed by atoms with E-state index in [0.29, 0.717) is 46.3 Å². The molecule has 0 spiro atoms. The second-order valence-corrected chi connectivity index (χ2v) is 8.23. The molecule has 6 heteroatoms. The topological polar surface area (TPSA) is 71.1 Å². The van der Waals surface area contributed by atoms with Gasteiger partial charge in [0.05, 0.1) is 13.2 Å². The highest BCUT2D eigenvalue weighted by molar-refractivity contribution is 6.12. The summed E-state index contributed by atoms with van der Waals surface area (Å²) >= 11 is 0. The Balaban J connectivity index is 2.17. The normalized spacial score (nSPS) is 10.9. The zero-order valence-electron chi connectivity index (χ0n) is 20.6. The molecule has 0 heterocycles. The number of aryl methyl sites for hydroxylation is 2. The summed E-state index contributed by atoms with van der Waals surface area (Å²) in [5.41, 5.74) is 2.14. The van der Waals surface area contributed by atoms with Crippen LogP contribution in [0, 0.1) is 0 Å². The van der Waals surface area contributed by atoms with Gasteiger partial charge in [0.2, 0.25) is 0 Å². The summed E-state index contributed by atoms with van der Waals surface area (Å²) in [5.74, 6) is 0.798. The maximum atomic E-state index is 12.5. The maximum absolute atomic E-state index is 12.5. The highest BCUT2D eigenvalue weighted by Gasteiger charge is 2.22. The average molecular weight is 467 g/mol. The number of hydrogen-bond donors (Lipinski definition) is 0. The Morgan fingerprint density at radius 3 is 1.41 bits per heavy atom. The number of fused-ring (bicyclic) bond motifs is 2. The standard InChI is InChI=1S/C28H34O6/c1-5-9-15-31-27(29)33-25-21-13-11-19(7-3)17-23(21)26(34-28(30)32-16-10-6-2)24-18-20(8-4)12-14-22(24)25/h11-14,17-18H,5-10,15-16H2,1-4H3. The van der Waals surface area contributed by atoms with Crippen molar-refractivity contribution in [2.45, 2.75) is 66.2 Å². The lowest BCUT2D eigenvalue weighted by molar-refractivity contribution is 0.0970. The predicted octanol–water partition coefficient (Wildman–Crippen LogP) is 7.75. The maximum Gasteiger partial charge on any atom is 0.513 e. The van der Waals surface area contributed by atoms with E-state index in [4.69, 9.17) is 18.9 Å². The molecule has 0 radical (unpaired) electrons. The molecule has 0 bridgehead atoms. The first-order valence-corrected chi connectivity index (χ1v) is 12.2. The Morgan fingerprint density at radius 2 is 1.03 bits per heavy atom. The molecular formula is C28H34O6. The lowest BCUT2D eigenvalue weighted by Crippen LogP contribution is -2.14. The summed E-state index contributed by atoms with van der Waals surface area (Å²) in [6.07, 6.45) is 3.48. The van der Waals surface area contributed by atoms with Gasteiger partial charge in [-0.3, -0.25) is 0 Å². The molecule has 0 aliphatic heterocycles. The van der Waals surface area contributed by atoms with E-state index in [1.54, 1.807) is 0 Å². The van der Waals surface area contributed by atoms with Crippen LogP contribution in [0.1, 0.15) is 64.5 Å². The van der Waals surface area contributed by atoms with Crippen molar-refractivity contribution in [2.75, 3.05) is 13.2 Å². The SMILES string of the molecule is CCCCOC(=O)Oc1c2ccc(CC)cc2c(OC(=O)OCCCC)c2cc(CC)ccc12. The van der Waals surface area contributed by atoms with Crippen molar-refractivity contribution >= 4 is 33.9 Å². The average Bonchev–Trinajstić information content (AvgIpc) is 2.85. The molecule has 0 unspecified atom stereocenters. The van der Waals surface area contributed by atoms with Gasteiger partial charge in [0.1, 0.15) is 11.5 Å². The van der Waals surface area contributed by atoms with Gasteiger partial charge < -0.3 is 18.9 Å². The van der Waals surface area contributed by atoms with Crippen LogP contribution in [0.15, 0.2) is 36.4 Å². The summed E-state index contributed by atoms with van der Waals surface area (Å²) in [7, 11) is 0. The molecule has 3 rings (SSSR count). The van der Waals surface area contributed by atoms with E-state index in [0.717, 1.165) is 49.7 Å². The number of hydrogen-bond acceptors (Lipinski definition) is 6. The minimum atomic E-state index is -0.747. The molecule has 0 aliphatic rings. The number of benzene rings is 3. The smallest absolute Gasteiger partial charge is 0.434 e. The Labute approximate surface area is 201 Å². The van der Waals surface area contributed by atoms with Crippen molar-refractivity contribution < 1.29 is 28.5 Å². The summed E-state index contributed by atoms with van der Waals surface area (Å²) < 4.78 is 22.1. The molecule has 0 amide bonds. The van der Waals surface area contributed by atoms with E-state index in [1.165, 1.54) is 0 Å². The molecule has 0 saturated heterocycles. The largest absolute Gasteiger partial charge is 0.513 e. The van der Waals surface area contributed by atoms with Crippen LogP contribution in [0.4, 0.5) is 9.59 Å². The first-order valence-electron chi connectivity index (χ1n) is 12.2. The molecule has 34 heavy (non-hydrogen) atoms. The molecule has 6 nitrogen and oxygen atoms in total. The van der Waals surface area contributed by atoms with Gasteiger partial charge in [0.25, 0.3) is 0 Å². The van der Waals surface area contributed by atoms with Crippen molar-refractivity contribution in [3.8, 4) is 11.5 Å². The van der Waals surface area contributed by atoms with Crippen molar-refractivity contribution in [1.29, 1.82) is 0 Å². The monoisotopic (exact) mass is 466 g/mol. The molecule has 0 atom stereocenters. The van der Waals surface area contributed by atoms with Crippen LogP contribution in [-0.2, 0) is 22.3 Å². The van der Waals surface area contributed by atoms with Gasteiger partial charge in [-0.05, 0) is 48.9 Å². The molecule has 0 aromatic heterocycles. The lowest BCUT2D eigenvalue weighted by atomic mass is 9.96. The van der Waals surface area contributed by atoms with Gasteiger partial charge in [-0.15, -0.1) is 0 Å². The fraction of sp³-hybridized carbons (Fsp3) is 0.429. The zero-order chi connectivity index (χ0) is 24.5. The van der Waals surface area contributed by atoms with Crippen LogP contribution in [-0.4, -0.2) is 25.5 Å². The van der Waals surface area contributed by atoms with Gasteiger partial charge >= 0.3 is 12.3 Å². The van der Waals surface area contributed by atoms with Crippen molar-refractivity contribution in [2.24, 2.45) is 0 Å². The third-order valence-electron chi connectivity index (χ3n) is 5.77. The van der Waals surface area contributed by atoms with Gasteiger partial charge in [-0.25, -0.2) is 9.59 Å². The molecule has 0 aliphatic carbocycles. The van der Waals surface area contributed by atoms with Crippen LogP contribution in [0.2, 0.25) is 0 Å². The minimum Gasteiger partial charge on any atom is -0.434 e. The van der Waals surface area contributed by atoms with Crippen LogP contribution in [0.5, 0.6) is 11.5 Å². The van der Waals surface area contributed by atoms with E-state index < -0.39 is 12.3 Å². The molecule has 3 aromatic carbocycles.